The van der Waals surface area contributed by atoms with E-state index >= 15 is 0 Å². The van der Waals surface area contributed by atoms with E-state index in [9.17, 15) is 0 Å². The standard InChI is InChI=1S/C22H30NSi2/c1-7-20-18-14-16-8-9-21-22(25(5,6)13-12-24(21,3)4)19(16)15-17(18)10-11-23(20)2/h8-11,14-15H,7,12-13H2,1-6H3/q+1. The van der Waals surface area contributed by atoms with E-state index in [1.807, 2.05) is 0 Å². The molecule has 0 bridgehead atoms. The van der Waals surface area contributed by atoms with Crippen molar-refractivity contribution in [3.63, 3.8) is 0 Å². The first kappa shape index (κ1) is 17.0. The van der Waals surface area contributed by atoms with E-state index in [1.54, 1.807) is 15.8 Å². The van der Waals surface area contributed by atoms with Crippen molar-refractivity contribution in [3.05, 3.63) is 42.2 Å². The van der Waals surface area contributed by atoms with Gasteiger partial charge in [0.15, 0.2) is 11.9 Å². The zero-order valence-electron chi connectivity index (χ0n) is 16.5. The van der Waals surface area contributed by atoms with Crippen molar-refractivity contribution >= 4 is 48.1 Å². The van der Waals surface area contributed by atoms with Crippen LogP contribution in [0.25, 0.3) is 21.5 Å². The van der Waals surface area contributed by atoms with E-state index in [-0.39, 0.29) is 0 Å². The van der Waals surface area contributed by atoms with Crippen molar-refractivity contribution in [1.82, 2.24) is 0 Å². The van der Waals surface area contributed by atoms with Gasteiger partial charge in [0, 0.05) is 17.9 Å². The first-order chi connectivity index (χ1) is 11.7. The second-order valence-electron chi connectivity index (χ2n) is 9.14. The highest BCUT2D eigenvalue weighted by Gasteiger charge is 2.40. The van der Waals surface area contributed by atoms with Crippen LogP contribution in [0.15, 0.2) is 36.5 Å². The maximum absolute atomic E-state index is 2.58. The number of aryl methyl sites for hydroxylation is 2. The highest BCUT2D eigenvalue weighted by Crippen LogP contribution is 2.31. The molecular formula is C22H30NSi2+. The predicted molar refractivity (Wildman–Crippen MR) is 116 cm³/mol. The van der Waals surface area contributed by atoms with Crippen LogP contribution >= 0.6 is 0 Å². The molecule has 3 heteroatoms. The number of hydrogen-bond donors (Lipinski definition) is 0. The maximum Gasteiger partial charge on any atom is 0.188 e. The third kappa shape index (κ3) is 2.51. The van der Waals surface area contributed by atoms with Crippen LogP contribution in [-0.4, -0.2) is 16.1 Å². The predicted octanol–water partition coefficient (Wildman–Crippen LogP) is 4.22. The van der Waals surface area contributed by atoms with Crippen molar-refractivity contribution in [2.45, 2.75) is 51.6 Å². The second kappa shape index (κ2) is 5.52. The molecule has 1 aliphatic heterocycles. The molecule has 0 unspecified atom stereocenters. The maximum atomic E-state index is 2.58. The van der Waals surface area contributed by atoms with Crippen molar-refractivity contribution < 1.29 is 4.57 Å². The minimum absolute atomic E-state index is 1.07. The molecule has 25 heavy (non-hydrogen) atoms. The van der Waals surface area contributed by atoms with E-state index in [0.717, 1.165) is 6.42 Å². The number of benzene rings is 2. The van der Waals surface area contributed by atoms with Gasteiger partial charge in [0.25, 0.3) is 0 Å². The highest BCUT2D eigenvalue weighted by molar-refractivity contribution is 7.04. The minimum atomic E-state index is -1.36. The van der Waals surface area contributed by atoms with E-state index in [1.165, 1.54) is 33.9 Å². The number of pyridine rings is 1. The van der Waals surface area contributed by atoms with Gasteiger partial charge in [0.2, 0.25) is 0 Å². The Morgan fingerprint density at radius 1 is 0.880 bits per heavy atom. The van der Waals surface area contributed by atoms with Gasteiger partial charge >= 0.3 is 0 Å². The van der Waals surface area contributed by atoms with Gasteiger partial charge in [0.1, 0.15) is 7.05 Å². The third-order valence-electron chi connectivity index (χ3n) is 6.52. The van der Waals surface area contributed by atoms with E-state index in [0.29, 0.717) is 0 Å². The fourth-order valence-corrected chi connectivity index (χ4v) is 15.5. The van der Waals surface area contributed by atoms with Gasteiger partial charge in [-0.3, -0.25) is 0 Å². The molecular weight excluding hydrogens is 334 g/mol. The third-order valence-corrected chi connectivity index (χ3v) is 14.0. The molecule has 0 N–H and O–H groups in total. The summed E-state index contributed by atoms with van der Waals surface area (Å²) < 4.78 is 2.28. The lowest BCUT2D eigenvalue weighted by Crippen LogP contribution is -2.63. The average Bonchev–Trinajstić information content (AvgIpc) is 2.56. The molecule has 0 spiro atoms. The zero-order chi connectivity index (χ0) is 18.0. The van der Waals surface area contributed by atoms with Crippen LogP contribution in [-0.2, 0) is 13.5 Å². The zero-order valence-corrected chi connectivity index (χ0v) is 18.5. The number of rotatable bonds is 1. The van der Waals surface area contributed by atoms with Gasteiger partial charge in [-0.25, -0.2) is 4.57 Å². The second-order valence-corrected chi connectivity index (χ2v) is 18.7. The summed E-state index contributed by atoms with van der Waals surface area (Å²) in [5.41, 5.74) is 1.43. The van der Waals surface area contributed by atoms with Crippen LogP contribution in [0.4, 0.5) is 0 Å². The molecule has 1 aliphatic rings. The van der Waals surface area contributed by atoms with Crippen LogP contribution in [0.3, 0.4) is 0 Å². The molecule has 3 aromatic rings. The number of fused-ring (bicyclic) bond motifs is 4. The van der Waals surface area contributed by atoms with Crippen molar-refractivity contribution in [3.8, 4) is 0 Å². The molecule has 1 nitrogen and oxygen atoms in total. The topological polar surface area (TPSA) is 3.88 Å². The Morgan fingerprint density at radius 3 is 2.24 bits per heavy atom. The summed E-state index contributed by atoms with van der Waals surface area (Å²) in [4.78, 5) is 0. The average molecular weight is 365 g/mol. The summed E-state index contributed by atoms with van der Waals surface area (Å²) in [7, 11) is -0.470. The largest absolute Gasteiger partial charge is 0.205 e. The van der Waals surface area contributed by atoms with Crippen LogP contribution < -0.4 is 14.9 Å². The van der Waals surface area contributed by atoms with Gasteiger partial charge in [-0.05, 0) is 28.3 Å². The summed E-state index contributed by atoms with van der Waals surface area (Å²) >= 11 is 0. The molecule has 0 saturated heterocycles. The van der Waals surface area contributed by atoms with Crippen molar-refractivity contribution in [2.24, 2.45) is 7.05 Å². The summed E-state index contributed by atoms with van der Waals surface area (Å²) in [6, 6.07) is 15.1. The van der Waals surface area contributed by atoms with Crippen LogP contribution in [0.5, 0.6) is 0 Å². The summed E-state index contributed by atoms with van der Waals surface area (Å²) in [6.07, 6.45) is 3.30. The van der Waals surface area contributed by atoms with Gasteiger partial charge in [-0.1, -0.05) is 67.7 Å². The molecule has 0 atom stereocenters. The fraction of sp³-hybridized carbons (Fsp3) is 0.409. The molecule has 2 heterocycles. The molecule has 0 fully saturated rings. The lowest BCUT2D eigenvalue weighted by molar-refractivity contribution is -0.677. The molecule has 0 saturated carbocycles. The quantitative estimate of drug-likeness (QED) is 0.346. The Hall–Kier alpha value is -1.46. The summed E-state index contributed by atoms with van der Waals surface area (Å²) in [5.74, 6) is 0. The molecule has 0 amide bonds. The Labute approximate surface area is 153 Å². The van der Waals surface area contributed by atoms with E-state index < -0.39 is 16.1 Å². The molecule has 1 aromatic heterocycles. The Kier molecular flexibility index (Phi) is 3.75. The normalized spacial score (nSPS) is 18.5. The Morgan fingerprint density at radius 2 is 1.52 bits per heavy atom. The van der Waals surface area contributed by atoms with Gasteiger partial charge < -0.3 is 0 Å². The molecule has 0 aliphatic carbocycles. The molecule has 0 radical (unpaired) electrons. The van der Waals surface area contributed by atoms with Crippen molar-refractivity contribution in [2.75, 3.05) is 0 Å². The first-order valence-electron chi connectivity index (χ1n) is 9.63. The SMILES string of the molecule is CCc1c2cc3ccc4c(c3cc2cc[n+]1C)[Si](C)(C)CC[Si]4(C)C. The fourth-order valence-electron chi connectivity index (χ4n) is 4.87. The van der Waals surface area contributed by atoms with Gasteiger partial charge in [-0.2, -0.15) is 0 Å². The highest BCUT2D eigenvalue weighted by atomic mass is 28.3. The lowest BCUT2D eigenvalue weighted by atomic mass is 10.0. The monoisotopic (exact) mass is 364 g/mol. The van der Waals surface area contributed by atoms with E-state index in [4.69, 9.17) is 0 Å². The smallest absolute Gasteiger partial charge is 0.188 e. The Balaban J connectivity index is 2.13. The van der Waals surface area contributed by atoms with Crippen LogP contribution in [0.1, 0.15) is 12.6 Å². The van der Waals surface area contributed by atoms with E-state index in [2.05, 4.69) is 81.3 Å². The molecule has 4 rings (SSSR count). The number of hydrogen-bond acceptors (Lipinski definition) is 0. The number of aromatic nitrogens is 1. The van der Waals surface area contributed by atoms with Crippen LogP contribution in [0, 0.1) is 0 Å². The minimum Gasteiger partial charge on any atom is -0.205 e. The Bertz CT molecular complexity index is 1000. The lowest BCUT2D eigenvalue weighted by Gasteiger charge is -2.40. The number of nitrogens with zero attached hydrogens (tertiary/aromatic N) is 1. The summed E-state index contributed by atoms with van der Waals surface area (Å²) in [6.45, 7) is 12.6. The molecule has 130 valence electrons. The van der Waals surface area contributed by atoms with Gasteiger partial charge in [0.05, 0.1) is 16.1 Å². The van der Waals surface area contributed by atoms with Crippen LogP contribution in [0.2, 0.25) is 38.3 Å². The van der Waals surface area contributed by atoms with Gasteiger partial charge in [-0.15, -0.1) is 0 Å². The molecule has 2 aromatic carbocycles. The first-order valence-corrected chi connectivity index (χ1v) is 16.0. The summed E-state index contributed by atoms with van der Waals surface area (Å²) in [5, 5.41) is 9.36. The van der Waals surface area contributed by atoms with Crippen molar-refractivity contribution in [1.29, 1.82) is 0 Å².